The topological polar surface area (TPSA) is 101 Å². The number of nitro groups is 1. The lowest BCUT2D eigenvalue weighted by Crippen LogP contribution is -2.30. The molecule has 0 saturated heterocycles. The number of benzene rings is 3. The van der Waals surface area contributed by atoms with Gasteiger partial charge >= 0.3 is 0 Å². The maximum Gasteiger partial charge on any atom is 0.274 e. The van der Waals surface area contributed by atoms with Crippen molar-refractivity contribution in [2.75, 3.05) is 10.0 Å². The van der Waals surface area contributed by atoms with Crippen LogP contribution >= 0.6 is 11.6 Å². The maximum absolute atomic E-state index is 13.0. The Kier molecular flexibility index (Phi) is 5.34. The van der Waals surface area contributed by atoms with Crippen LogP contribution in [0.1, 0.15) is 29.5 Å². The number of nitrogens with zero attached hydrogens (tertiary/aromatic N) is 1. The predicted octanol–water partition coefficient (Wildman–Crippen LogP) is 5.88. The van der Waals surface area contributed by atoms with Gasteiger partial charge in [-0.15, -0.1) is 0 Å². The van der Waals surface area contributed by atoms with Crippen molar-refractivity contribution in [2.24, 2.45) is 5.92 Å². The average molecular weight is 482 g/mol. The standard InChI is InChI=1S/C24H20ClN3O4S/c25-15-8-10-16(11-9-15)27-33(31,32)17-12-13-22-21(14-17)18-5-3-6-19(18)24(26-22)20-4-1-2-7-23(20)28(29)30/h1-5,7-14,18-19,24,26-27H,6H2/t18-,19+,24-/m0/s1. The Morgan fingerprint density at radius 2 is 1.79 bits per heavy atom. The van der Waals surface area contributed by atoms with Gasteiger partial charge in [0.15, 0.2) is 0 Å². The van der Waals surface area contributed by atoms with Crippen molar-refractivity contribution in [1.29, 1.82) is 0 Å². The van der Waals surface area contributed by atoms with Gasteiger partial charge in [-0.25, -0.2) is 8.42 Å². The molecule has 0 unspecified atom stereocenters. The van der Waals surface area contributed by atoms with E-state index in [1.165, 1.54) is 6.07 Å². The van der Waals surface area contributed by atoms with Crippen molar-refractivity contribution in [3.8, 4) is 0 Å². The van der Waals surface area contributed by atoms with Gasteiger partial charge in [-0.05, 0) is 60.4 Å². The second-order valence-corrected chi connectivity index (χ2v) is 10.3. The molecule has 0 aromatic heterocycles. The van der Waals surface area contributed by atoms with Gasteiger partial charge in [-0.3, -0.25) is 14.8 Å². The Balaban J connectivity index is 1.51. The third kappa shape index (κ3) is 3.96. The Hall–Kier alpha value is -3.36. The van der Waals surface area contributed by atoms with Crippen LogP contribution in [-0.4, -0.2) is 13.3 Å². The number of fused-ring (bicyclic) bond motifs is 3. The lowest BCUT2D eigenvalue weighted by molar-refractivity contribution is -0.385. The zero-order chi connectivity index (χ0) is 23.2. The third-order valence-electron chi connectivity index (χ3n) is 6.21. The Labute approximate surface area is 196 Å². The summed E-state index contributed by atoms with van der Waals surface area (Å²) in [5.74, 6) is -0.00230. The van der Waals surface area contributed by atoms with E-state index in [0.717, 1.165) is 17.7 Å². The van der Waals surface area contributed by atoms with Crippen LogP contribution < -0.4 is 10.0 Å². The van der Waals surface area contributed by atoms with Crippen LogP contribution in [0.5, 0.6) is 0 Å². The zero-order valence-electron chi connectivity index (χ0n) is 17.3. The maximum atomic E-state index is 13.0. The van der Waals surface area contributed by atoms with E-state index in [9.17, 15) is 18.5 Å². The van der Waals surface area contributed by atoms with E-state index in [1.54, 1.807) is 60.7 Å². The minimum absolute atomic E-state index is 0.0424. The normalized spacial score (nSPS) is 21.1. The van der Waals surface area contributed by atoms with E-state index in [-0.39, 0.29) is 33.4 Å². The molecule has 1 aliphatic heterocycles. The van der Waals surface area contributed by atoms with Crippen LogP contribution in [0.25, 0.3) is 0 Å². The van der Waals surface area contributed by atoms with Crippen LogP contribution in [0.2, 0.25) is 5.02 Å². The number of anilines is 2. The highest BCUT2D eigenvalue weighted by Gasteiger charge is 2.40. The summed E-state index contributed by atoms with van der Waals surface area (Å²) in [5, 5.41) is 15.6. The fourth-order valence-corrected chi connectivity index (χ4v) is 5.92. The first-order valence-corrected chi connectivity index (χ1v) is 12.3. The summed E-state index contributed by atoms with van der Waals surface area (Å²) in [6.07, 6.45) is 4.87. The molecule has 7 nitrogen and oxygen atoms in total. The van der Waals surface area contributed by atoms with Crippen molar-refractivity contribution in [3.63, 3.8) is 0 Å². The quantitative estimate of drug-likeness (QED) is 0.269. The molecule has 1 aliphatic carbocycles. The van der Waals surface area contributed by atoms with E-state index in [4.69, 9.17) is 11.6 Å². The lowest BCUT2D eigenvalue weighted by Gasteiger charge is -2.37. The van der Waals surface area contributed by atoms with E-state index >= 15 is 0 Å². The number of nitrogens with one attached hydrogen (secondary N) is 2. The number of halogens is 1. The number of hydrogen-bond donors (Lipinski definition) is 2. The van der Waals surface area contributed by atoms with Gasteiger partial charge in [0, 0.05) is 28.4 Å². The fourth-order valence-electron chi connectivity index (χ4n) is 4.70. The Morgan fingerprint density at radius 1 is 1.03 bits per heavy atom. The summed E-state index contributed by atoms with van der Waals surface area (Å²) >= 11 is 5.89. The predicted molar refractivity (Wildman–Crippen MR) is 128 cm³/mol. The summed E-state index contributed by atoms with van der Waals surface area (Å²) < 4.78 is 28.6. The molecule has 3 atom stereocenters. The molecule has 3 aromatic carbocycles. The molecule has 9 heteroatoms. The molecular formula is C24H20ClN3O4S. The van der Waals surface area contributed by atoms with Crippen LogP contribution in [0, 0.1) is 16.0 Å². The number of para-hydroxylation sites is 1. The molecule has 0 saturated carbocycles. The first-order chi connectivity index (χ1) is 15.8. The number of nitro benzene ring substituents is 1. The van der Waals surface area contributed by atoms with E-state index < -0.39 is 10.0 Å². The Bertz CT molecular complexity index is 1370. The smallest absolute Gasteiger partial charge is 0.274 e. The van der Waals surface area contributed by atoms with Crippen molar-refractivity contribution < 1.29 is 13.3 Å². The van der Waals surface area contributed by atoms with Gasteiger partial charge in [-0.2, -0.15) is 0 Å². The minimum Gasteiger partial charge on any atom is -0.377 e. The van der Waals surface area contributed by atoms with Crippen molar-refractivity contribution in [2.45, 2.75) is 23.3 Å². The van der Waals surface area contributed by atoms with Gasteiger partial charge in [0.1, 0.15) is 0 Å². The first-order valence-electron chi connectivity index (χ1n) is 10.4. The average Bonchev–Trinajstić information content (AvgIpc) is 3.30. The first kappa shape index (κ1) is 21.5. The third-order valence-corrected chi connectivity index (χ3v) is 7.84. The van der Waals surface area contributed by atoms with Gasteiger partial charge < -0.3 is 5.32 Å². The number of sulfonamides is 1. The SMILES string of the molecule is O=[N+]([O-])c1ccccc1[C@H]1Nc2ccc(S(=O)(=O)Nc3ccc(Cl)cc3)cc2[C@H]2C=CC[C@H]21. The highest BCUT2D eigenvalue weighted by atomic mass is 35.5. The molecule has 0 amide bonds. The van der Waals surface area contributed by atoms with Crippen molar-refractivity contribution in [3.05, 3.63) is 105 Å². The van der Waals surface area contributed by atoms with Crippen LogP contribution in [0.3, 0.4) is 0 Å². The summed E-state index contributed by atoms with van der Waals surface area (Å²) in [7, 11) is -3.81. The molecule has 5 rings (SSSR count). The van der Waals surface area contributed by atoms with Gasteiger partial charge in [0.25, 0.3) is 15.7 Å². The minimum atomic E-state index is -3.81. The summed E-state index contributed by atoms with van der Waals surface area (Å²) in [4.78, 5) is 11.4. The number of rotatable bonds is 5. The molecule has 0 fully saturated rings. The second-order valence-electron chi connectivity index (χ2n) is 8.15. The molecule has 0 bridgehead atoms. The van der Waals surface area contributed by atoms with Crippen molar-refractivity contribution >= 4 is 38.7 Å². The largest absolute Gasteiger partial charge is 0.377 e. The van der Waals surface area contributed by atoms with Crippen LogP contribution in [0.15, 0.2) is 83.8 Å². The highest BCUT2D eigenvalue weighted by molar-refractivity contribution is 7.92. The molecule has 2 N–H and O–H groups in total. The van der Waals surface area contributed by atoms with Crippen LogP contribution in [-0.2, 0) is 10.0 Å². The van der Waals surface area contributed by atoms with E-state index in [1.807, 2.05) is 0 Å². The highest BCUT2D eigenvalue weighted by Crippen LogP contribution is 2.51. The molecule has 0 radical (unpaired) electrons. The molecular weight excluding hydrogens is 462 g/mol. The summed E-state index contributed by atoms with van der Waals surface area (Å²) in [6.45, 7) is 0. The van der Waals surface area contributed by atoms with Gasteiger partial charge in [0.2, 0.25) is 0 Å². The second kappa shape index (κ2) is 8.20. The zero-order valence-corrected chi connectivity index (χ0v) is 18.9. The van der Waals surface area contributed by atoms with Gasteiger partial charge in [-0.1, -0.05) is 42.0 Å². The molecule has 2 aliphatic rings. The fraction of sp³-hybridized carbons (Fsp3) is 0.167. The molecule has 0 spiro atoms. The Morgan fingerprint density at radius 3 is 2.55 bits per heavy atom. The molecule has 1 heterocycles. The van der Waals surface area contributed by atoms with Gasteiger partial charge in [0.05, 0.1) is 21.4 Å². The summed E-state index contributed by atoms with van der Waals surface area (Å²) in [6, 6.07) is 17.9. The van der Waals surface area contributed by atoms with E-state index in [2.05, 4.69) is 22.2 Å². The van der Waals surface area contributed by atoms with Crippen LogP contribution in [0.4, 0.5) is 17.1 Å². The van der Waals surface area contributed by atoms with E-state index in [0.29, 0.717) is 16.3 Å². The van der Waals surface area contributed by atoms with Crippen molar-refractivity contribution in [1.82, 2.24) is 0 Å². The molecule has 168 valence electrons. The summed E-state index contributed by atoms with van der Waals surface area (Å²) in [5.41, 5.74) is 2.77. The number of allylic oxidation sites excluding steroid dienone is 2. The lowest BCUT2D eigenvalue weighted by atomic mass is 9.76. The monoisotopic (exact) mass is 481 g/mol. The molecule has 3 aromatic rings. The number of hydrogen-bond acceptors (Lipinski definition) is 5. The molecule has 33 heavy (non-hydrogen) atoms.